The SMILES string of the molecule is CC(C)(C)CC1CN=C(NC(C)(C)c2nccs2)S1. The molecule has 0 bridgehead atoms. The summed E-state index contributed by atoms with van der Waals surface area (Å²) in [6.45, 7) is 12.1. The fourth-order valence-electron chi connectivity index (χ4n) is 2.13. The second kappa shape index (κ2) is 5.44. The third kappa shape index (κ3) is 4.21. The van der Waals surface area contributed by atoms with Crippen LogP contribution < -0.4 is 5.32 Å². The molecule has 0 spiro atoms. The zero-order valence-electron chi connectivity index (χ0n) is 12.4. The highest BCUT2D eigenvalue weighted by Gasteiger charge is 2.30. The number of aromatic nitrogens is 1. The van der Waals surface area contributed by atoms with Crippen LogP contribution >= 0.6 is 23.1 Å². The fourth-order valence-corrected chi connectivity index (χ4v) is 4.36. The molecule has 2 rings (SSSR count). The van der Waals surface area contributed by atoms with Crippen LogP contribution in [0.1, 0.15) is 46.0 Å². The summed E-state index contributed by atoms with van der Waals surface area (Å²) in [5, 5.41) is 8.33. The van der Waals surface area contributed by atoms with Crippen LogP contribution in [0.5, 0.6) is 0 Å². The lowest BCUT2D eigenvalue weighted by Crippen LogP contribution is -2.39. The normalized spacial score (nSPS) is 20.5. The van der Waals surface area contributed by atoms with Crippen LogP contribution in [-0.2, 0) is 5.54 Å². The van der Waals surface area contributed by atoms with Gasteiger partial charge in [0.05, 0.1) is 12.1 Å². The maximum absolute atomic E-state index is 4.64. The van der Waals surface area contributed by atoms with Crippen LogP contribution in [-0.4, -0.2) is 21.9 Å². The molecule has 1 aliphatic rings. The Bertz CT molecular complexity index is 444. The molecule has 0 saturated heterocycles. The van der Waals surface area contributed by atoms with Crippen LogP contribution in [0.2, 0.25) is 0 Å². The van der Waals surface area contributed by atoms with E-state index in [0.29, 0.717) is 10.7 Å². The molecule has 3 nitrogen and oxygen atoms in total. The zero-order chi connectivity index (χ0) is 14.1. The van der Waals surface area contributed by atoms with Gasteiger partial charge >= 0.3 is 0 Å². The molecule has 1 N–H and O–H groups in total. The van der Waals surface area contributed by atoms with Gasteiger partial charge in [-0.05, 0) is 25.7 Å². The number of amidine groups is 1. The van der Waals surface area contributed by atoms with Crippen molar-refractivity contribution in [3.05, 3.63) is 16.6 Å². The van der Waals surface area contributed by atoms with Crippen LogP contribution in [0.3, 0.4) is 0 Å². The van der Waals surface area contributed by atoms with E-state index in [-0.39, 0.29) is 5.54 Å². The largest absolute Gasteiger partial charge is 0.354 e. The summed E-state index contributed by atoms with van der Waals surface area (Å²) in [7, 11) is 0. The van der Waals surface area contributed by atoms with E-state index in [1.54, 1.807) is 11.3 Å². The minimum Gasteiger partial charge on any atom is -0.354 e. The van der Waals surface area contributed by atoms with Gasteiger partial charge in [0.2, 0.25) is 0 Å². The highest BCUT2D eigenvalue weighted by atomic mass is 32.2. The first kappa shape index (κ1) is 14.9. The predicted octanol–water partition coefficient (Wildman–Crippen LogP) is 3.88. The van der Waals surface area contributed by atoms with Gasteiger partial charge < -0.3 is 5.32 Å². The number of thiazole rings is 1. The molecule has 0 fully saturated rings. The van der Waals surface area contributed by atoms with Crippen molar-refractivity contribution in [2.45, 2.75) is 51.8 Å². The first-order valence-electron chi connectivity index (χ1n) is 6.65. The molecular weight excluding hydrogens is 274 g/mol. The van der Waals surface area contributed by atoms with Gasteiger partial charge in [-0.1, -0.05) is 32.5 Å². The predicted molar refractivity (Wildman–Crippen MR) is 86.0 cm³/mol. The molecule has 1 aliphatic heterocycles. The second-order valence-corrected chi connectivity index (χ2v) is 8.92. The lowest BCUT2D eigenvalue weighted by Gasteiger charge is -2.25. The molecule has 0 amide bonds. The summed E-state index contributed by atoms with van der Waals surface area (Å²) in [4.78, 5) is 9.04. The molecule has 1 unspecified atom stereocenters. The minimum absolute atomic E-state index is 0.142. The lowest BCUT2D eigenvalue weighted by atomic mass is 9.90. The fraction of sp³-hybridized carbons (Fsp3) is 0.714. The first-order valence-corrected chi connectivity index (χ1v) is 8.41. The molecule has 1 aromatic heterocycles. The molecular formula is C14H23N3S2. The van der Waals surface area contributed by atoms with Gasteiger partial charge in [-0.2, -0.15) is 0 Å². The average molecular weight is 297 g/mol. The van der Waals surface area contributed by atoms with E-state index in [0.717, 1.165) is 16.7 Å². The summed E-state index contributed by atoms with van der Waals surface area (Å²) in [5.41, 5.74) is 0.226. The van der Waals surface area contributed by atoms with Crippen molar-refractivity contribution in [1.29, 1.82) is 0 Å². The topological polar surface area (TPSA) is 37.3 Å². The van der Waals surface area contributed by atoms with Crippen LogP contribution in [0.4, 0.5) is 0 Å². The molecule has 1 atom stereocenters. The summed E-state index contributed by atoms with van der Waals surface area (Å²) < 4.78 is 0. The van der Waals surface area contributed by atoms with Crippen molar-refractivity contribution >= 4 is 28.3 Å². The van der Waals surface area contributed by atoms with Gasteiger partial charge in [0.25, 0.3) is 0 Å². The Kier molecular flexibility index (Phi) is 4.26. The Hall–Kier alpha value is -0.550. The quantitative estimate of drug-likeness (QED) is 0.920. The van der Waals surface area contributed by atoms with Gasteiger partial charge in [-0.3, -0.25) is 4.99 Å². The number of aliphatic imine (C=N–C) groups is 1. The maximum Gasteiger partial charge on any atom is 0.157 e. The van der Waals surface area contributed by atoms with E-state index in [9.17, 15) is 0 Å². The van der Waals surface area contributed by atoms with E-state index in [4.69, 9.17) is 0 Å². The number of nitrogens with one attached hydrogen (secondary N) is 1. The number of thioether (sulfide) groups is 1. The third-order valence-electron chi connectivity index (χ3n) is 2.94. The van der Waals surface area contributed by atoms with E-state index in [2.05, 4.69) is 49.9 Å². The highest BCUT2D eigenvalue weighted by Crippen LogP contribution is 2.33. The Morgan fingerprint density at radius 1 is 1.32 bits per heavy atom. The van der Waals surface area contributed by atoms with E-state index in [1.165, 1.54) is 6.42 Å². The van der Waals surface area contributed by atoms with Gasteiger partial charge in [0.1, 0.15) is 5.01 Å². The highest BCUT2D eigenvalue weighted by molar-refractivity contribution is 8.14. The molecule has 0 aliphatic carbocycles. The summed E-state index contributed by atoms with van der Waals surface area (Å²) >= 11 is 3.56. The Morgan fingerprint density at radius 2 is 2.05 bits per heavy atom. The van der Waals surface area contributed by atoms with Crippen molar-refractivity contribution in [3.8, 4) is 0 Å². The summed E-state index contributed by atoms with van der Waals surface area (Å²) in [5.74, 6) is 0. The molecule has 1 aromatic rings. The van der Waals surface area contributed by atoms with E-state index < -0.39 is 0 Å². The molecule has 106 valence electrons. The summed E-state index contributed by atoms with van der Waals surface area (Å²) in [6, 6.07) is 0. The number of nitrogens with zero attached hydrogens (tertiary/aromatic N) is 2. The summed E-state index contributed by atoms with van der Waals surface area (Å²) in [6.07, 6.45) is 3.06. The molecule has 19 heavy (non-hydrogen) atoms. The van der Waals surface area contributed by atoms with Gasteiger partial charge in [-0.25, -0.2) is 4.98 Å². The maximum atomic E-state index is 4.64. The zero-order valence-corrected chi connectivity index (χ0v) is 14.0. The lowest BCUT2D eigenvalue weighted by molar-refractivity contribution is 0.375. The molecule has 0 saturated carbocycles. The van der Waals surface area contributed by atoms with Crippen molar-refractivity contribution in [2.24, 2.45) is 10.4 Å². The molecule has 0 aromatic carbocycles. The van der Waals surface area contributed by atoms with Crippen molar-refractivity contribution in [2.75, 3.05) is 6.54 Å². The average Bonchev–Trinajstić information content (AvgIpc) is 2.86. The van der Waals surface area contributed by atoms with Crippen LogP contribution in [0.15, 0.2) is 16.6 Å². The van der Waals surface area contributed by atoms with E-state index in [1.807, 2.05) is 23.3 Å². The first-order chi connectivity index (χ1) is 8.76. The number of hydrogen-bond donors (Lipinski definition) is 1. The van der Waals surface area contributed by atoms with Crippen LogP contribution in [0.25, 0.3) is 0 Å². The van der Waals surface area contributed by atoms with Gasteiger partial charge in [0.15, 0.2) is 5.17 Å². The van der Waals surface area contributed by atoms with E-state index >= 15 is 0 Å². The van der Waals surface area contributed by atoms with Crippen molar-refractivity contribution in [3.63, 3.8) is 0 Å². The molecule has 2 heterocycles. The Balaban J connectivity index is 1.92. The van der Waals surface area contributed by atoms with Crippen LogP contribution in [0, 0.1) is 5.41 Å². The molecule has 5 heteroatoms. The molecule has 0 radical (unpaired) electrons. The monoisotopic (exact) mass is 297 g/mol. The Labute approximate surface area is 124 Å². The van der Waals surface area contributed by atoms with Gasteiger partial charge in [-0.15, -0.1) is 11.3 Å². The van der Waals surface area contributed by atoms with Crippen molar-refractivity contribution < 1.29 is 0 Å². The standard InChI is InChI=1S/C14H23N3S2/c1-13(2,3)8-10-9-16-12(19-10)17-14(4,5)11-15-6-7-18-11/h6-7,10H,8-9H2,1-5H3,(H,16,17). The van der Waals surface area contributed by atoms with Gasteiger partial charge in [0, 0.05) is 16.8 Å². The minimum atomic E-state index is -0.142. The third-order valence-corrected chi connectivity index (χ3v) is 5.14. The number of rotatable bonds is 3. The smallest absolute Gasteiger partial charge is 0.157 e. The van der Waals surface area contributed by atoms with Crippen molar-refractivity contribution in [1.82, 2.24) is 10.3 Å². The Morgan fingerprint density at radius 3 is 2.63 bits per heavy atom. The number of hydrogen-bond acceptors (Lipinski definition) is 5. The second-order valence-electron chi connectivity index (χ2n) is 6.74.